The Balaban J connectivity index is 1.50. The van der Waals surface area contributed by atoms with E-state index in [1.807, 2.05) is 41.0 Å². The maximum absolute atomic E-state index is 12.6. The molecule has 0 spiro atoms. The van der Waals surface area contributed by atoms with E-state index in [-0.39, 0.29) is 11.9 Å². The largest absolute Gasteiger partial charge is 0.353 e. The number of nitrogens with zero attached hydrogens (tertiary/aromatic N) is 4. The second kappa shape index (κ2) is 10.5. The summed E-state index contributed by atoms with van der Waals surface area (Å²) in [4.78, 5) is 15.0. The highest BCUT2D eigenvalue weighted by Crippen LogP contribution is 2.29. The van der Waals surface area contributed by atoms with Gasteiger partial charge in [-0.2, -0.15) is 0 Å². The van der Waals surface area contributed by atoms with Crippen LogP contribution in [0.15, 0.2) is 53.7 Å². The number of carbonyl (C=O) groups excluding carboxylic acids is 1. The summed E-state index contributed by atoms with van der Waals surface area (Å²) in [5.41, 5.74) is 3.06. The Bertz CT molecular complexity index is 1040. The highest BCUT2D eigenvalue weighted by molar-refractivity contribution is 7.99. The number of benzene rings is 2. The number of aryl methyl sites for hydroxylation is 1. The molecule has 0 saturated carbocycles. The molecular formula is C24H28ClN5OS. The van der Waals surface area contributed by atoms with E-state index in [2.05, 4.69) is 46.4 Å². The molecule has 1 aliphatic heterocycles. The number of carbonyl (C=O) groups is 1. The molecule has 1 aliphatic rings. The van der Waals surface area contributed by atoms with Crippen molar-refractivity contribution in [3.63, 3.8) is 0 Å². The summed E-state index contributed by atoms with van der Waals surface area (Å²) in [6.07, 6.45) is 2.01. The first kappa shape index (κ1) is 22.8. The zero-order valence-electron chi connectivity index (χ0n) is 18.4. The molecule has 0 unspecified atom stereocenters. The molecular weight excluding hydrogens is 442 g/mol. The van der Waals surface area contributed by atoms with Crippen molar-refractivity contribution in [1.29, 1.82) is 0 Å². The Hall–Kier alpha value is -2.35. The van der Waals surface area contributed by atoms with Crippen LogP contribution in [0.4, 0.5) is 0 Å². The van der Waals surface area contributed by atoms with Crippen LogP contribution in [0.2, 0.25) is 5.02 Å². The van der Waals surface area contributed by atoms with Crippen molar-refractivity contribution in [2.45, 2.75) is 37.9 Å². The molecule has 1 aromatic heterocycles. The fourth-order valence-electron chi connectivity index (χ4n) is 3.87. The van der Waals surface area contributed by atoms with Crippen molar-refractivity contribution in [3.05, 3.63) is 59.1 Å². The fraction of sp³-hybridized carbons (Fsp3) is 0.375. The molecule has 0 aliphatic carbocycles. The summed E-state index contributed by atoms with van der Waals surface area (Å²) in [5, 5.41) is 13.4. The monoisotopic (exact) mass is 469 g/mol. The summed E-state index contributed by atoms with van der Waals surface area (Å²) in [7, 11) is 0. The van der Waals surface area contributed by atoms with E-state index < -0.39 is 0 Å². The zero-order chi connectivity index (χ0) is 22.5. The van der Waals surface area contributed by atoms with Gasteiger partial charge in [0.25, 0.3) is 0 Å². The van der Waals surface area contributed by atoms with Gasteiger partial charge in [0, 0.05) is 35.4 Å². The number of nitrogens with one attached hydrogen (secondary N) is 1. The SMILES string of the molecule is CCN1CCC(NC(=O)CSc2nnc(-c3ccc(Cl)cc3)n2-c2ccc(C)cc2)CC1. The van der Waals surface area contributed by atoms with Crippen molar-refractivity contribution in [2.75, 3.05) is 25.4 Å². The van der Waals surface area contributed by atoms with Crippen molar-refractivity contribution >= 4 is 29.3 Å². The van der Waals surface area contributed by atoms with Crippen LogP contribution in [0.5, 0.6) is 0 Å². The summed E-state index contributed by atoms with van der Waals surface area (Å²) < 4.78 is 2.00. The van der Waals surface area contributed by atoms with Crippen LogP contribution in [0, 0.1) is 6.92 Å². The highest BCUT2D eigenvalue weighted by atomic mass is 35.5. The first-order valence-corrected chi connectivity index (χ1v) is 12.3. The number of aromatic nitrogens is 3. The van der Waals surface area contributed by atoms with Crippen molar-refractivity contribution in [3.8, 4) is 17.1 Å². The van der Waals surface area contributed by atoms with Gasteiger partial charge in [-0.3, -0.25) is 9.36 Å². The van der Waals surface area contributed by atoms with Gasteiger partial charge >= 0.3 is 0 Å². The van der Waals surface area contributed by atoms with Gasteiger partial charge in [0.2, 0.25) is 5.91 Å². The molecule has 1 saturated heterocycles. The second-order valence-electron chi connectivity index (χ2n) is 8.05. The van der Waals surface area contributed by atoms with E-state index in [0.717, 1.165) is 49.6 Å². The summed E-state index contributed by atoms with van der Waals surface area (Å²) in [5.74, 6) is 1.07. The Kier molecular flexibility index (Phi) is 7.50. The zero-order valence-corrected chi connectivity index (χ0v) is 20.0. The molecule has 0 radical (unpaired) electrons. The van der Waals surface area contributed by atoms with Crippen LogP contribution in [-0.2, 0) is 4.79 Å². The normalized spacial score (nSPS) is 15.1. The third-order valence-electron chi connectivity index (χ3n) is 5.76. The molecule has 1 amide bonds. The average Bonchev–Trinajstić information content (AvgIpc) is 3.23. The molecule has 0 bridgehead atoms. The summed E-state index contributed by atoms with van der Waals surface area (Å²) in [6.45, 7) is 7.39. The van der Waals surface area contributed by atoms with Gasteiger partial charge in [-0.15, -0.1) is 10.2 Å². The summed E-state index contributed by atoms with van der Waals surface area (Å²) >= 11 is 7.47. The van der Waals surface area contributed by atoms with Gasteiger partial charge in [-0.05, 0) is 62.7 Å². The number of thioether (sulfide) groups is 1. The second-order valence-corrected chi connectivity index (χ2v) is 9.43. The summed E-state index contributed by atoms with van der Waals surface area (Å²) in [6, 6.07) is 16.0. The third kappa shape index (κ3) is 5.52. The highest BCUT2D eigenvalue weighted by Gasteiger charge is 2.21. The lowest BCUT2D eigenvalue weighted by atomic mass is 10.1. The smallest absolute Gasteiger partial charge is 0.230 e. The minimum atomic E-state index is 0.0384. The number of piperidine rings is 1. The van der Waals surface area contributed by atoms with Crippen LogP contribution in [0.25, 0.3) is 17.1 Å². The fourth-order valence-corrected chi connectivity index (χ4v) is 4.76. The molecule has 2 heterocycles. The van der Waals surface area contributed by atoms with Crippen LogP contribution in [0.1, 0.15) is 25.3 Å². The Morgan fingerprint density at radius 1 is 1.09 bits per heavy atom. The number of rotatable bonds is 7. The van der Waals surface area contributed by atoms with Crippen molar-refractivity contribution in [2.24, 2.45) is 0 Å². The molecule has 1 N–H and O–H groups in total. The molecule has 1 fully saturated rings. The molecule has 32 heavy (non-hydrogen) atoms. The Labute approximate surface area is 198 Å². The lowest BCUT2D eigenvalue weighted by Crippen LogP contribution is -2.45. The van der Waals surface area contributed by atoms with Crippen LogP contribution >= 0.6 is 23.4 Å². The van der Waals surface area contributed by atoms with Crippen LogP contribution < -0.4 is 5.32 Å². The van der Waals surface area contributed by atoms with E-state index in [1.54, 1.807) is 0 Å². The molecule has 168 valence electrons. The van der Waals surface area contributed by atoms with Crippen molar-refractivity contribution in [1.82, 2.24) is 25.0 Å². The number of hydrogen-bond donors (Lipinski definition) is 1. The number of hydrogen-bond acceptors (Lipinski definition) is 5. The van der Waals surface area contributed by atoms with E-state index >= 15 is 0 Å². The molecule has 8 heteroatoms. The van der Waals surface area contributed by atoms with Crippen LogP contribution in [0.3, 0.4) is 0 Å². The molecule has 4 rings (SSSR count). The first-order valence-electron chi connectivity index (χ1n) is 11.0. The molecule has 0 atom stereocenters. The minimum Gasteiger partial charge on any atom is -0.353 e. The number of amides is 1. The number of likely N-dealkylation sites (tertiary alicyclic amines) is 1. The maximum atomic E-state index is 12.6. The first-order chi connectivity index (χ1) is 15.5. The molecule has 2 aromatic carbocycles. The van der Waals surface area contributed by atoms with Gasteiger partial charge in [-0.1, -0.05) is 48.0 Å². The van der Waals surface area contributed by atoms with Gasteiger partial charge in [-0.25, -0.2) is 0 Å². The van der Waals surface area contributed by atoms with E-state index in [4.69, 9.17) is 11.6 Å². The van der Waals surface area contributed by atoms with Gasteiger partial charge in [0.05, 0.1) is 5.75 Å². The van der Waals surface area contributed by atoms with E-state index in [0.29, 0.717) is 15.9 Å². The lowest BCUT2D eigenvalue weighted by Gasteiger charge is -2.31. The standard InChI is InChI=1S/C24H28ClN5OS/c1-3-29-14-12-20(13-15-29)26-22(31)16-32-24-28-27-23(18-6-8-19(25)9-7-18)30(24)21-10-4-17(2)5-11-21/h4-11,20H,3,12-16H2,1-2H3,(H,26,31). The van der Waals surface area contributed by atoms with Crippen molar-refractivity contribution < 1.29 is 4.79 Å². The van der Waals surface area contributed by atoms with Gasteiger partial charge in [0.15, 0.2) is 11.0 Å². The predicted molar refractivity (Wildman–Crippen MR) is 131 cm³/mol. The Morgan fingerprint density at radius 2 is 1.78 bits per heavy atom. The topological polar surface area (TPSA) is 63.1 Å². The quantitative estimate of drug-likeness (QED) is 0.513. The molecule has 6 nitrogen and oxygen atoms in total. The maximum Gasteiger partial charge on any atom is 0.230 e. The van der Waals surface area contributed by atoms with Gasteiger partial charge in [0.1, 0.15) is 0 Å². The Morgan fingerprint density at radius 3 is 2.44 bits per heavy atom. The van der Waals surface area contributed by atoms with Gasteiger partial charge < -0.3 is 10.2 Å². The van der Waals surface area contributed by atoms with E-state index in [1.165, 1.54) is 17.3 Å². The number of halogens is 1. The minimum absolute atomic E-state index is 0.0384. The van der Waals surface area contributed by atoms with E-state index in [9.17, 15) is 4.79 Å². The van der Waals surface area contributed by atoms with Crippen LogP contribution in [-0.4, -0.2) is 57.0 Å². The predicted octanol–water partition coefficient (Wildman–Crippen LogP) is 4.59. The lowest BCUT2D eigenvalue weighted by molar-refractivity contribution is -0.119. The third-order valence-corrected chi connectivity index (χ3v) is 6.94. The average molecular weight is 470 g/mol. The molecule has 3 aromatic rings.